The van der Waals surface area contributed by atoms with Gasteiger partial charge in [0.05, 0.1) is 24.3 Å². The van der Waals surface area contributed by atoms with Crippen molar-refractivity contribution in [1.29, 1.82) is 0 Å². The number of nitrogens with one attached hydrogen (secondary N) is 2. The molecule has 3 aromatic rings. The first-order valence-corrected chi connectivity index (χ1v) is 8.59. The predicted molar refractivity (Wildman–Crippen MR) is 94.9 cm³/mol. The average molecular weight is 338 g/mol. The van der Waals surface area contributed by atoms with E-state index in [9.17, 15) is 4.79 Å². The Bertz CT molecular complexity index is 911. The van der Waals surface area contributed by atoms with Crippen LogP contribution in [-0.4, -0.2) is 21.5 Å². The minimum absolute atomic E-state index is 0.0766. The van der Waals surface area contributed by atoms with Crippen molar-refractivity contribution in [1.82, 2.24) is 20.2 Å². The summed E-state index contributed by atoms with van der Waals surface area (Å²) in [5, 5.41) is 7.88. The molecule has 1 saturated heterocycles. The number of hydrogen-bond acceptors (Lipinski definition) is 4. The fourth-order valence-corrected chi connectivity index (χ4v) is 3.64. The Labute approximate surface area is 146 Å². The van der Waals surface area contributed by atoms with Gasteiger partial charge in [-0.2, -0.15) is 0 Å². The van der Waals surface area contributed by atoms with E-state index in [2.05, 4.69) is 21.7 Å². The lowest BCUT2D eigenvalue weighted by molar-refractivity contribution is -0.124. The van der Waals surface area contributed by atoms with Crippen molar-refractivity contribution in [3.8, 4) is 0 Å². The summed E-state index contributed by atoms with van der Waals surface area (Å²) in [6.07, 6.45) is 4.93. The molecule has 1 aromatic carbocycles. The number of nitrogens with zero attached hydrogens (tertiary/aromatic N) is 2. The highest BCUT2D eigenvalue weighted by atomic mass is 16.3. The normalized spacial score (nSPS) is 20.8. The first kappa shape index (κ1) is 15.9. The minimum Gasteiger partial charge on any atom is -0.461 e. The molecule has 1 aliphatic heterocycles. The summed E-state index contributed by atoms with van der Waals surface area (Å²) >= 11 is 0. The zero-order chi connectivity index (χ0) is 17.4. The van der Waals surface area contributed by atoms with Gasteiger partial charge in [0.25, 0.3) is 0 Å². The molecule has 1 aliphatic rings. The number of fused-ring (bicyclic) bond motifs is 1. The van der Waals surface area contributed by atoms with Gasteiger partial charge in [0.2, 0.25) is 5.91 Å². The van der Waals surface area contributed by atoms with E-state index in [4.69, 9.17) is 4.42 Å². The molecule has 25 heavy (non-hydrogen) atoms. The molecule has 0 saturated carbocycles. The molecule has 1 fully saturated rings. The molecule has 2 N–H and O–H groups in total. The van der Waals surface area contributed by atoms with Crippen LogP contribution >= 0.6 is 0 Å². The topological polar surface area (TPSA) is 72.1 Å². The van der Waals surface area contributed by atoms with E-state index < -0.39 is 0 Å². The summed E-state index contributed by atoms with van der Waals surface area (Å²) in [5.41, 5.74) is 3.10. The third-order valence-corrected chi connectivity index (χ3v) is 5.02. The molecule has 2 atom stereocenters. The fourth-order valence-electron chi connectivity index (χ4n) is 3.64. The highest BCUT2D eigenvalue weighted by Crippen LogP contribution is 2.27. The molecule has 4 rings (SSSR count). The van der Waals surface area contributed by atoms with E-state index in [0.29, 0.717) is 13.0 Å². The van der Waals surface area contributed by atoms with Crippen LogP contribution in [0.3, 0.4) is 0 Å². The number of carbonyl (C=O) groups excluding carboxylic acids is 1. The Morgan fingerprint density at radius 1 is 1.40 bits per heavy atom. The number of benzene rings is 1. The lowest BCUT2D eigenvalue weighted by Gasteiger charge is -2.33. The van der Waals surface area contributed by atoms with Gasteiger partial charge in [-0.25, -0.2) is 4.98 Å². The van der Waals surface area contributed by atoms with Gasteiger partial charge in [0.15, 0.2) is 0 Å². The van der Waals surface area contributed by atoms with Crippen LogP contribution in [0.15, 0.2) is 41.2 Å². The zero-order valence-electron chi connectivity index (χ0n) is 14.5. The van der Waals surface area contributed by atoms with Crippen LogP contribution in [-0.2, 0) is 18.4 Å². The third-order valence-electron chi connectivity index (χ3n) is 5.02. The number of para-hydroxylation sites is 1. The van der Waals surface area contributed by atoms with Crippen molar-refractivity contribution in [2.45, 2.75) is 38.4 Å². The largest absolute Gasteiger partial charge is 0.461 e. The number of aromatic nitrogens is 2. The number of rotatable bonds is 4. The van der Waals surface area contributed by atoms with E-state index in [-0.39, 0.29) is 18.0 Å². The van der Waals surface area contributed by atoms with Gasteiger partial charge in [-0.1, -0.05) is 18.2 Å². The van der Waals surface area contributed by atoms with Crippen LogP contribution in [0.25, 0.3) is 11.0 Å². The third kappa shape index (κ3) is 2.93. The number of aryl methyl sites for hydroxylation is 2. The SMILES string of the molecule is Cc1oc2ccccc2c1CN[C@@H]1CCC(=O)N[C@H]1c1cncn1C. The van der Waals surface area contributed by atoms with Gasteiger partial charge < -0.3 is 19.6 Å². The lowest BCUT2D eigenvalue weighted by atomic mass is 9.95. The van der Waals surface area contributed by atoms with Crippen molar-refractivity contribution in [3.05, 3.63) is 53.8 Å². The van der Waals surface area contributed by atoms with Crippen molar-refractivity contribution in [2.75, 3.05) is 0 Å². The van der Waals surface area contributed by atoms with Gasteiger partial charge in [0, 0.05) is 37.0 Å². The first-order chi connectivity index (χ1) is 12.1. The second kappa shape index (κ2) is 6.37. The van der Waals surface area contributed by atoms with E-state index in [1.165, 1.54) is 5.56 Å². The van der Waals surface area contributed by atoms with Gasteiger partial charge in [-0.3, -0.25) is 4.79 Å². The monoisotopic (exact) mass is 338 g/mol. The Balaban J connectivity index is 1.57. The second-order valence-corrected chi connectivity index (χ2v) is 6.63. The van der Waals surface area contributed by atoms with Gasteiger partial charge in [-0.15, -0.1) is 0 Å². The summed E-state index contributed by atoms with van der Waals surface area (Å²) in [6.45, 7) is 2.70. The highest BCUT2D eigenvalue weighted by molar-refractivity contribution is 5.82. The summed E-state index contributed by atoms with van der Waals surface area (Å²) in [7, 11) is 1.95. The number of piperidine rings is 1. The smallest absolute Gasteiger partial charge is 0.220 e. The van der Waals surface area contributed by atoms with Crippen LogP contribution < -0.4 is 10.6 Å². The fraction of sp³-hybridized carbons (Fsp3) is 0.368. The predicted octanol–water partition coefficient (Wildman–Crippen LogP) is 2.58. The molecule has 0 unspecified atom stereocenters. The Morgan fingerprint density at radius 3 is 3.04 bits per heavy atom. The number of amides is 1. The average Bonchev–Trinajstić information content (AvgIpc) is 3.16. The highest BCUT2D eigenvalue weighted by Gasteiger charge is 2.31. The molecule has 6 nitrogen and oxygen atoms in total. The lowest BCUT2D eigenvalue weighted by Crippen LogP contribution is -2.48. The van der Waals surface area contributed by atoms with E-state index in [1.54, 1.807) is 6.33 Å². The molecule has 130 valence electrons. The van der Waals surface area contributed by atoms with Gasteiger partial charge in [0.1, 0.15) is 11.3 Å². The maximum atomic E-state index is 11.9. The van der Waals surface area contributed by atoms with Crippen molar-refractivity contribution in [3.63, 3.8) is 0 Å². The summed E-state index contributed by atoms with van der Waals surface area (Å²) in [5.74, 6) is 1.03. The quantitative estimate of drug-likeness (QED) is 0.767. The maximum absolute atomic E-state index is 11.9. The molecular formula is C19H22N4O2. The number of imidazole rings is 1. The van der Waals surface area contributed by atoms with Crippen LogP contribution in [0.4, 0.5) is 0 Å². The number of hydrogen-bond donors (Lipinski definition) is 2. The van der Waals surface area contributed by atoms with Crippen molar-refractivity contribution >= 4 is 16.9 Å². The molecule has 3 heterocycles. The van der Waals surface area contributed by atoms with Crippen LogP contribution in [0, 0.1) is 6.92 Å². The molecule has 2 aromatic heterocycles. The number of carbonyl (C=O) groups is 1. The van der Waals surface area contributed by atoms with Crippen LogP contribution in [0.5, 0.6) is 0 Å². The second-order valence-electron chi connectivity index (χ2n) is 6.63. The van der Waals surface area contributed by atoms with Crippen molar-refractivity contribution < 1.29 is 9.21 Å². The Morgan fingerprint density at radius 2 is 2.24 bits per heavy atom. The molecular weight excluding hydrogens is 316 g/mol. The standard InChI is InChI=1S/C19H22N4O2/c1-12-14(13-5-3-4-6-17(13)25-12)9-21-15-7-8-18(24)22-19(15)16-10-20-11-23(16)2/h3-6,10-11,15,19,21H,7-9H2,1-2H3,(H,22,24)/t15-,19-/m1/s1. The minimum atomic E-state index is -0.0766. The van der Waals surface area contributed by atoms with Crippen molar-refractivity contribution in [2.24, 2.45) is 7.05 Å². The number of furan rings is 1. The summed E-state index contributed by atoms with van der Waals surface area (Å²) in [6, 6.07) is 8.17. The molecule has 0 spiro atoms. The molecule has 0 aliphatic carbocycles. The molecule has 0 radical (unpaired) electrons. The van der Waals surface area contributed by atoms with E-state index in [0.717, 1.165) is 28.8 Å². The molecule has 6 heteroatoms. The maximum Gasteiger partial charge on any atom is 0.220 e. The molecule has 1 amide bonds. The Hall–Kier alpha value is -2.60. The first-order valence-electron chi connectivity index (χ1n) is 8.59. The summed E-state index contributed by atoms with van der Waals surface area (Å²) in [4.78, 5) is 16.1. The van der Waals surface area contributed by atoms with Crippen LogP contribution in [0.2, 0.25) is 0 Å². The van der Waals surface area contributed by atoms with Crippen LogP contribution in [0.1, 0.15) is 35.9 Å². The zero-order valence-corrected chi connectivity index (χ0v) is 14.5. The molecule has 0 bridgehead atoms. The van der Waals surface area contributed by atoms with Gasteiger partial charge >= 0.3 is 0 Å². The Kier molecular flexibility index (Phi) is 4.05. The van der Waals surface area contributed by atoms with E-state index in [1.807, 2.05) is 42.9 Å². The van der Waals surface area contributed by atoms with E-state index >= 15 is 0 Å². The summed E-state index contributed by atoms with van der Waals surface area (Å²) < 4.78 is 7.81. The van der Waals surface area contributed by atoms with Gasteiger partial charge in [-0.05, 0) is 19.4 Å².